The van der Waals surface area contributed by atoms with E-state index in [9.17, 15) is 35.7 Å². The Kier molecular flexibility index (Phi) is 4.28. The van der Waals surface area contributed by atoms with Crippen LogP contribution in [-0.4, -0.2) is 41.8 Å². The normalized spacial score (nSPS) is 20.7. The molecule has 1 heterocycles. The molecule has 0 amide bonds. The summed E-state index contributed by atoms with van der Waals surface area (Å²) < 4.78 is 5.81. The third kappa shape index (κ3) is 3.09. The highest BCUT2D eigenvalue weighted by atomic mass is 16.5. The number of benzene rings is 3. The van der Waals surface area contributed by atoms with Gasteiger partial charge in [-0.2, -0.15) is 0 Å². The van der Waals surface area contributed by atoms with Crippen LogP contribution in [0.3, 0.4) is 0 Å². The molecule has 1 aliphatic rings. The topological polar surface area (TPSA) is 151 Å². The molecule has 29 heavy (non-hydrogen) atoms. The van der Waals surface area contributed by atoms with E-state index in [4.69, 9.17) is 4.74 Å². The van der Waals surface area contributed by atoms with Gasteiger partial charge in [0.15, 0.2) is 17.6 Å². The highest BCUT2D eigenvalue weighted by Crippen LogP contribution is 2.52. The number of hydrogen-bond donors (Lipinski definition) is 7. The van der Waals surface area contributed by atoms with E-state index in [1.165, 1.54) is 36.4 Å². The molecule has 3 aromatic rings. The molecule has 4 rings (SSSR count). The highest BCUT2D eigenvalue weighted by Gasteiger charge is 2.42. The summed E-state index contributed by atoms with van der Waals surface area (Å²) in [7, 11) is 0. The van der Waals surface area contributed by atoms with E-state index in [-0.39, 0.29) is 45.6 Å². The zero-order chi connectivity index (χ0) is 20.9. The molecular weight excluding hydrogens is 380 g/mol. The summed E-state index contributed by atoms with van der Waals surface area (Å²) in [6.07, 6.45) is -2.40. The molecule has 0 aliphatic carbocycles. The number of ether oxygens (including phenoxy) is 1. The molecule has 0 fully saturated rings. The standard InChI is InChI=1S/C21H18O8/c22-10-2-3-12(14(25)6-10)18-19-16(27)7-11(23)8-17(19)29-21(20(18)28)9-1-4-13(24)15(26)5-9/h1-8,18,20-28H/t18-,20+,21-/m1/s1. The lowest BCUT2D eigenvalue weighted by atomic mass is 9.79. The smallest absolute Gasteiger partial charge is 0.157 e. The second kappa shape index (κ2) is 6.68. The maximum absolute atomic E-state index is 11.1. The van der Waals surface area contributed by atoms with Gasteiger partial charge in [-0.25, -0.2) is 0 Å². The molecule has 0 spiro atoms. The molecule has 0 saturated carbocycles. The summed E-state index contributed by atoms with van der Waals surface area (Å²) in [4.78, 5) is 0. The highest BCUT2D eigenvalue weighted by molar-refractivity contribution is 5.59. The van der Waals surface area contributed by atoms with Crippen LogP contribution in [0.2, 0.25) is 0 Å². The van der Waals surface area contributed by atoms with Crippen molar-refractivity contribution in [2.24, 2.45) is 0 Å². The summed E-state index contributed by atoms with van der Waals surface area (Å²) in [5, 5.41) is 70.7. The Labute approximate surface area is 164 Å². The maximum atomic E-state index is 11.1. The maximum Gasteiger partial charge on any atom is 0.157 e. The average molecular weight is 398 g/mol. The van der Waals surface area contributed by atoms with Crippen LogP contribution in [-0.2, 0) is 0 Å². The Bertz CT molecular complexity index is 1090. The van der Waals surface area contributed by atoms with Gasteiger partial charge in [-0.05, 0) is 23.8 Å². The van der Waals surface area contributed by atoms with Gasteiger partial charge >= 0.3 is 0 Å². The molecule has 150 valence electrons. The number of rotatable bonds is 2. The lowest BCUT2D eigenvalue weighted by Gasteiger charge is -2.38. The van der Waals surface area contributed by atoms with E-state index in [1.54, 1.807) is 0 Å². The van der Waals surface area contributed by atoms with Crippen molar-refractivity contribution in [1.82, 2.24) is 0 Å². The first kappa shape index (κ1) is 18.6. The molecule has 0 bridgehead atoms. The van der Waals surface area contributed by atoms with Crippen LogP contribution in [0.25, 0.3) is 0 Å². The first-order valence-corrected chi connectivity index (χ1v) is 8.70. The zero-order valence-corrected chi connectivity index (χ0v) is 14.9. The van der Waals surface area contributed by atoms with E-state index < -0.39 is 23.9 Å². The largest absolute Gasteiger partial charge is 0.508 e. The predicted octanol–water partition coefficient (Wildman–Crippen LogP) is 2.55. The molecular formula is C21H18O8. The van der Waals surface area contributed by atoms with Crippen LogP contribution in [0.1, 0.15) is 28.7 Å². The van der Waals surface area contributed by atoms with Gasteiger partial charge in [0.2, 0.25) is 0 Å². The molecule has 3 aromatic carbocycles. The number of aromatic hydroxyl groups is 6. The monoisotopic (exact) mass is 398 g/mol. The second-order valence-corrected chi connectivity index (χ2v) is 6.87. The third-order valence-electron chi connectivity index (χ3n) is 5.00. The summed E-state index contributed by atoms with van der Waals surface area (Å²) >= 11 is 0. The summed E-state index contributed by atoms with van der Waals surface area (Å²) in [5.41, 5.74) is 0.689. The Morgan fingerprint density at radius 2 is 1.38 bits per heavy atom. The molecule has 0 unspecified atom stereocenters. The van der Waals surface area contributed by atoms with Crippen molar-refractivity contribution < 1.29 is 40.5 Å². The van der Waals surface area contributed by atoms with Crippen LogP contribution in [0, 0.1) is 0 Å². The number of phenolic OH excluding ortho intramolecular Hbond substituents is 6. The van der Waals surface area contributed by atoms with E-state index in [1.807, 2.05) is 0 Å². The SMILES string of the molecule is Oc1ccc([C@@H]2c3c(O)cc(O)cc3O[C@H](c3ccc(O)c(O)c3)[C@H]2O)c(O)c1. The first-order chi connectivity index (χ1) is 13.8. The van der Waals surface area contributed by atoms with Crippen molar-refractivity contribution in [3.63, 3.8) is 0 Å². The van der Waals surface area contributed by atoms with Crippen molar-refractivity contribution in [1.29, 1.82) is 0 Å². The minimum atomic E-state index is -1.34. The van der Waals surface area contributed by atoms with Gasteiger partial charge in [-0.3, -0.25) is 0 Å². The molecule has 0 radical (unpaired) electrons. The lowest BCUT2D eigenvalue weighted by molar-refractivity contribution is 0.00688. The summed E-state index contributed by atoms with van der Waals surface area (Å²) in [6.45, 7) is 0. The van der Waals surface area contributed by atoms with Gasteiger partial charge in [0.25, 0.3) is 0 Å². The van der Waals surface area contributed by atoms with Crippen molar-refractivity contribution in [2.45, 2.75) is 18.1 Å². The number of hydrogen-bond acceptors (Lipinski definition) is 8. The molecule has 8 heteroatoms. The van der Waals surface area contributed by atoms with Crippen molar-refractivity contribution in [3.8, 4) is 40.2 Å². The number of fused-ring (bicyclic) bond motifs is 1. The number of aliphatic hydroxyl groups excluding tert-OH is 1. The summed E-state index contributed by atoms with van der Waals surface area (Å²) in [5.74, 6) is -2.76. The van der Waals surface area contributed by atoms with Crippen molar-refractivity contribution in [3.05, 3.63) is 65.2 Å². The summed E-state index contributed by atoms with van der Waals surface area (Å²) in [6, 6.07) is 10.1. The fourth-order valence-electron chi connectivity index (χ4n) is 3.68. The Balaban J connectivity index is 1.91. The minimum Gasteiger partial charge on any atom is -0.508 e. The van der Waals surface area contributed by atoms with Gasteiger partial charge in [0.05, 0.1) is 0 Å². The van der Waals surface area contributed by atoms with E-state index in [0.29, 0.717) is 5.56 Å². The average Bonchev–Trinajstić information content (AvgIpc) is 2.65. The number of phenols is 6. The Hall–Kier alpha value is -3.78. The van der Waals surface area contributed by atoms with Gasteiger partial charge in [-0.15, -0.1) is 0 Å². The molecule has 7 N–H and O–H groups in total. The minimum absolute atomic E-state index is 0.0721. The quantitative estimate of drug-likeness (QED) is 0.325. The van der Waals surface area contributed by atoms with Crippen molar-refractivity contribution in [2.75, 3.05) is 0 Å². The van der Waals surface area contributed by atoms with Gasteiger partial charge in [0.1, 0.15) is 34.9 Å². The van der Waals surface area contributed by atoms with Crippen LogP contribution in [0.4, 0.5) is 0 Å². The Morgan fingerprint density at radius 1 is 0.655 bits per heavy atom. The van der Waals surface area contributed by atoms with Gasteiger partial charge in [0, 0.05) is 35.2 Å². The Morgan fingerprint density at radius 3 is 2.07 bits per heavy atom. The first-order valence-electron chi connectivity index (χ1n) is 8.70. The van der Waals surface area contributed by atoms with Crippen LogP contribution in [0.5, 0.6) is 40.2 Å². The van der Waals surface area contributed by atoms with Crippen molar-refractivity contribution >= 4 is 0 Å². The molecule has 1 aliphatic heterocycles. The van der Waals surface area contributed by atoms with E-state index in [0.717, 1.165) is 12.1 Å². The molecule has 0 aromatic heterocycles. The predicted molar refractivity (Wildman–Crippen MR) is 101 cm³/mol. The fraction of sp³-hybridized carbons (Fsp3) is 0.143. The van der Waals surface area contributed by atoms with Crippen LogP contribution >= 0.6 is 0 Å². The van der Waals surface area contributed by atoms with E-state index in [2.05, 4.69) is 0 Å². The molecule has 0 saturated heterocycles. The molecule has 8 nitrogen and oxygen atoms in total. The zero-order valence-electron chi connectivity index (χ0n) is 14.9. The third-order valence-corrected chi connectivity index (χ3v) is 5.00. The second-order valence-electron chi connectivity index (χ2n) is 6.87. The lowest BCUT2D eigenvalue weighted by Crippen LogP contribution is -2.35. The number of aliphatic hydroxyl groups is 1. The fourth-order valence-corrected chi connectivity index (χ4v) is 3.68. The molecule has 3 atom stereocenters. The van der Waals surface area contributed by atoms with Gasteiger partial charge in [-0.1, -0.05) is 12.1 Å². The van der Waals surface area contributed by atoms with Crippen LogP contribution < -0.4 is 4.74 Å². The van der Waals surface area contributed by atoms with E-state index >= 15 is 0 Å². The van der Waals surface area contributed by atoms with Crippen LogP contribution in [0.15, 0.2) is 48.5 Å². The van der Waals surface area contributed by atoms with Gasteiger partial charge < -0.3 is 40.5 Å².